The van der Waals surface area contributed by atoms with E-state index in [4.69, 9.17) is 0 Å². The quantitative estimate of drug-likeness (QED) is 0.543. The van der Waals surface area contributed by atoms with Crippen LogP contribution in [0.3, 0.4) is 0 Å². The number of amidine groups is 1. The number of nitrogens with one attached hydrogen (secondary N) is 1. The predicted octanol–water partition coefficient (Wildman–Crippen LogP) is -0.639. The average Bonchev–Trinajstić information content (AvgIpc) is 2.84. The number of tetrazole rings is 1. The second-order valence-corrected chi connectivity index (χ2v) is 3.86. The monoisotopic (exact) mass is 269 g/mol. The van der Waals surface area contributed by atoms with Crippen LogP contribution in [0.2, 0.25) is 0 Å². The van der Waals surface area contributed by atoms with Crippen LogP contribution >= 0.6 is 0 Å². The second-order valence-electron chi connectivity index (χ2n) is 3.86. The van der Waals surface area contributed by atoms with Crippen LogP contribution in [0.25, 0.3) is 5.70 Å². The standard InChI is InChI=1S/C10H8N6O.K.H/c1-16-5-3-2-4-8(16)11-7(6-9(16)17)10-12-14-15-13-10;;/h2-6H,1H3;;/p+1. The van der Waals surface area contributed by atoms with E-state index in [1.807, 2.05) is 12.2 Å². The van der Waals surface area contributed by atoms with Gasteiger partial charge in [0.05, 0.1) is 13.1 Å². The number of amides is 1. The molecule has 1 aromatic heterocycles. The molecule has 1 amide bonds. The Morgan fingerprint density at radius 3 is 2.89 bits per heavy atom. The van der Waals surface area contributed by atoms with Crippen molar-refractivity contribution in [2.75, 3.05) is 7.05 Å². The van der Waals surface area contributed by atoms with Gasteiger partial charge in [-0.25, -0.2) is 9.89 Å². The number of aromatic amines is 1. The number of hydrogen-bond donors (Lipinski definition) is 1. The van der Waals surface area contributed by atoms with Gasteiger partial charge in [-0.05, 0) is 22.6 Å². The third kappa shape index (κ3) is 2.11. The number of carbonyl (C=O) groups is 1. The van der Waals surface area contributed by atoms with Crippen LogP contribution < -0.4 is 0 Å². The van der Waals surface area contributed by atoms with Gasteiger partial charge < -0.3 is 0 Å². The van der Waals surface area contributed by atoms with Crippen LogP contribution in [-0.4, -0.2) is 95.3 Å². The molecule has 0 spiro atoms. The number of hydrogen-bond acceptors (Lipinski definition) is 5. The van der Waals surface area contributed by atoms with E-state index in [1.165, 1.54) is 6.08 Å². The molecule has 0 bridgehead atoms. The molecule has 8 heteroatoms. The van der Waals surface area contributed by atoms with Crippen LogP contribution in [0.5, 0.6) is 0 Å². The van der Waals surface area contributed by atoms with Crippen LogP contribution in [0.4, 0.5) is 0 Å². The summed E-state index contributed by atoms with van der Waals surface area (Å²) in [5.41, 5.74) is 0.450. The third-order valence-electron chi connectivity index (χ3n) is 2.76. The Bertz CT molecular complexity index is 600. The summed E-state index contributed by atoms with van der Waals surface area (Å²) in [6.07, 6.45) is 8.69. The van der Waals surface area contributed by atoms with Gasteiger partial charge in [0.15, 0.2) is 5.82 Å². The molecule has 2 aliphatic heterocycles. The van der Waals surface area contributed by atoms with Gasteiger partial charge >= 0.3 is 57.3 Å². The minimum atomic E-state index is -0.0815. The molecule has 1 unspecified atom stereocenters. The van der Waals surface area contributed by atoms with E-state index in [1.54, 1.807) is 19.3 Å². The van der Waals surface area contributed by atoms with E-state index in [-0.39, 0.29) is 61.8 Å². The topological polar surface area (TPSA) is 83.9 Å². The maximum atomic E-state index is 12.1. The molecule has 3 heterocycles. The molecule has 0 aliphatic carbocycles. The number of nitrogens with zero attached hydrogens (tertiary/aromatic N) is 5. The second kappa shape index (κ2) is 5.07. The zero-order valence-corrected chi connectivity index (χ0v) is 9.03. The molecule has 7 nitrogen and oxygen atoms in total. The van der Waals surface area contributed by atoms with Crippen molar-refractivity contribution in [3.63, 3.8) is 0 Å². The number of carbonyl (C=O) groups excluding carboxylic acids is 1. The van der Waals surface area contributed by atoms with Crippen molar-refractivity contribution >= 4 is 68.8 Å². The molecule has 2 aliphatic rings. The zero-order valence-electron chi connectivity index (χ0n) is 9.03. The van der Waals surface area contributed by atoms with E-state index in [9.17, 15) is 4.79 Å². The van der Waals surface area contributed by atoms with Crippen LogP contribution in [0, 0.1) is 0 Å². The Hall–Kier alpha value is -0.774. The van der Waals surface area contributed by atoms with Gasteiger partial charge in [-0.15, -0.1) is 5.10 Å². The SMILES string of the molecule is C[N+]12C=CC=CC1=NC(c1nnn[nH]1)=CC2=O.[KH]. The average molecular weight is 269 g/mol. The van der Waals surface area contributed by atoms with Gasteiger partial charge in [-0.2, -0.15) is 9.48 Å². The van der Waals surface area contributed by atoms with Gasteiger partial charge in [0.1, 0.15) is 11.9 Å². The molecule has 0 saturated carbocycles. The number of rotatable bonds is 1. The normalized spacial score (nSPS) is 25.1. The Labute approximate surface area is 145 Å². The zero-order chi connectivity index (χ0) is 11.9. The molecule has 18 heavy (non-hydrogen) atoms. The molecule has 1 aromatic rings. The predicted molar refractivity (Wildman–Crippen MR) is 66.2 cm³/mol. The van der Waals surface area contributed by atoms with Crippen molar-refractivity contribution in [1.29, 1.82) is 0 Å². The number of fused-ring (bicyclic) bond motifs is 1. The number of aliphatic imine (C=N–C) groups is 1. The van der Waals surface area contributed by atoms with Gasteiger partial charge in [0.25, 0.3) is 0 Å². The van der Waals surface area contributed by atoms with Crippen molar-refractivity contribution in [1.82, 2.24) is 20.6 Å². The fraction of sp³-hybridized carbons (Fsp3) is 0.100. The van der Waals surface area contributed by atoms with E-state index in [0.717, 1.165) is 0 Å². The molecule has 1 atom stereocenters. The summed E-state index contributed by atoms with van der Waals surface area (Å²) in [7, 11) is 1.78. The Morgan fingerprint density at radius 2 is 2.17 bits per heavy atom. The molecule has 0 aromatic carbocycles. The first-order valence-corrected chi connectivity index (χ1v) is 5.02. The number of likely N-dealkylation sites (N-methyl/N-ethyl adjacent to an activating group) is 1. The number of H-pyrrole nitrogens is 1. The summed E-state index contributed by atoms with van der Waals surface area (Å²) >= 11 is 0. The summed E-state index contributed by atoms with van der Waals surface area (Å²) in [4.78, 5) is 16.5. The maximum absolute atomic E-state index is 12.1. The number of aromatic nitrogens is 4. The van der Waals surface area contributed by atoms with Crippen molar-refractivity contribution in [2.45, 2.75) is 0 Å². The Morgan fingerprint density at radius 1 is 1.33 bits per heavy atom. The van der Waals surface area contributed by atoms with Gasteiger partial charge in [0, 0.05) is 6.08 Å². The van der Waals surface area contributed by atoms with E-state index < -0.39 is 0 Å². The third-order valence-corrected chi connectivity index (χ3v) is 2.76. The minimum absolute atomic E-state index is 0. The number of quaternary nitrogens is 1. The van der Waals surface area contributed by atoms with Crippen LogP contribution in [0.1, 0.15) is 5.82 Å². The van der Waals surface area contributed by atoms with Gasteiger partial charge in [-0.3, -0.25) is 0 Å². The summed E-state index contributed by atoms with van der Waals surface area (Å²) in [6, 6.07) is 0. The van der Waals surface area contributed by atoms with Crippen molar-refractivity contribution in [3.8, 4) is 0 Å². The summed E-state index contributed by atoms with van der Waals surface area (Å²) < 4.78 is 0.0432. The fourth-order valence-electron chi connectivity index (χ4n) is 1.72. The molecule has 3 rings (SSSR count). The molecule has 86 valence electrons. The van der Waals surface area contributed by atoms with Crippen LogP contribution in [-0.2, 0) is 4.79 Å². The molecule has 0 saturated heterocycles. The molecule has 1 N–H and O–H groups in total. The van der Waals surface area contributed by atoms with Crippen molar-refractivity contribution in [3.05, 3.63) is 36.3 Å². The summed E-state index contributed by atoms with van der Waals surface area (Å²) in [5.74, 6) is 0.952. The van der Waals surface area contributed by atoms with Crippen molar-refractivity contribution < 1.29 is 9.28 Å². The first-order valence-electron chi connectivity index (χ1n) is 5.02. The first kappa shape index (κ1) is 13.7. The van der Waals surface area contributed by atoms with E-state index in [0.29, 0.717) is 17.4 Å². The molecule has 0 radical (unpaired) electrons. The molecule has 0 fully saturated rings. The van der Waals surface area contributed by atoms with E-state index in [2.05, 4.69) is 25.6 Å². The summed E-state index contributed by atoms with van der Waals surface area (Å²) in [6.45, 7) is 0. The van der Waals surface area contributed by atoms with Gasteiger partial charge in [-0.1, -0.05) is 0 Å². The fourth-order valence-corrected chi connectivity index (χ4v) is 1.72. The Kier molecular flexibility index (Phi) is 3.85. The first-order chi connectivity index (χ1) is 8.20. The number of allylic oxidation sites excluding steroid dienone is 2. The summed E-state index contributed by atoms with van der Waals surface area (Å²) in [5, 5.41) is 13.3. The van der Waals surface area contributed by atoms with Crippen LogP contribution in [0.15, 0.2) is 35.5 Å². The molecular formula is C10H10KN6O+. The molecular weight excluding hydrogens is 259 g/mol. The van der Waals surface area contributed by atoms with Gasteiger partial charge in [0.2, 0.25) is 5.84 Å². The Balaban J connectivity index is 0.00000120. The van der Waals surface area contributed by atoms with E-state index >= 15 is 0 Å². The van der Waals surface area contributed by atoms with Crippen molar-refractivity contribution in [2.24, 2.45) is 4.99 Å².